The third kappa shape index (κ3) is 4.47. The predicted octanol–water partition coefficient (Wildman–Crippen LogP) is 1.69. The van der Waals surface area contributed by atoms with Crippen LogP contribution in [0.3, 0.4) is 0 Å². The highest BCUT2D eigenvalue weighted by atomic mass is 35.5. The van der Waals surface area contributed by atoms with Crippen molar-refractivity contribution in [2.24, 2.45) is 5.92 Å². The summed E-state index contributed by atoms with van der Waals surface area (Å²) in [7, 11) is 5.10. The number of halogens is 1. The lowest BCUT2D eigenvalue weighted by Gasteiger charge is -2.33. The van der Waals surface area contributed by atoms with Crippen LogP contribution < -0.4 is 19.7 Å². The van der Waals surface area contributed by atoms with Crippen molar-refractivity contribution in [2.45, 2.75) is 25.3 Å². The molecule has 150 valence electrons. The van der Waals surface area contributed by atoms with Gasteiger partial charge in [0.1, 0.15) is 11.5 Å². The van der Waals surface area contributed by atoms with Crippen molar-refractivity contribution < 1.29 is 19.1 Å². The van der Waals surface area contributed by atoms with E-state index in [0.29, 0.717) is 29.8 Å². The lowest BCUT2D eigenvalue weighted by Crippen LogP contribution is -2.46. The smallest absolute Gasteiger partial charge is 0.228 e. The molecule has 1 atom stereocenters. The third-order valence-corrected chi connectivity index (χ3v) is 5.37. The van der Waals surface area contributed by atoms with Crippen LogP contribution in [0.4, 0.5) is 5.69 Å². The normalized spacial score (nSPS) is 20.4. The number of benzene rings is 1. The Bertz CT molecular complexity index is 677. The number of carbonyl (C=O) groups is 2. The lowest BCUT2D eigenvalue weighted by atomic mass is 10.0. The molecule has 7 nitrogen and oxygen atoms in total. The molecule has 1 N–H and O–H groups in total. The zero-order chi connectivity index (χ0) is 18.7. The summed E-state index contributed by atoms with van der Waals surface area (Å²) in [5.41, 5.74) is 0.683. The predicted molar refractivity (Wildman–Crippen MR) is 106 cm³/mol. The highest BCUT2D eigenvalue weighted by Crippen LogP contribution is 2.36. The molecule has 1 unspecified atom stereocenters. The van der Waals surface area contributed by atoms with Crippen molar-refractivity contribution in [1.29, 1.82) is 0 Å². The number of carbonyl (C=O) groups excluding carboxylic acids is 2. The minimum Gasteiger partial charge on any atom is -0.497 e. The number of hydrogen-bond acceptors (Lipinski definition) is 5. The van der Waals surface area contributed by atoms with E-state index in [1.165, 1.54) is 0 Å². The molecule has 3 rings (SSSR count). The third-order valence-electron chi connectivity index (χ3n) is 5.37. The Hall–Kier alpha value is -1.99. The summed E-state index contributed by atoms with van der Waals surface area (Å²) in [6, 6.07) is 5.83. The highest BCUT2D eigenvalue weighted by Gasteiger charge is 2.38. The largest absolute Gasteiger partial charge is 0.497 e. The number of amides is 2. The summed E-state index contributed by atoms with van der Waals surface area (Å²) in [5.74, 6) is 0.984. The number of methoxy groups -OCH3 is 2. The summed E-state index contributed by atoms with van der Waals surface area (Å²) in [4.78, 5) is 29.0. The zero-order valence-corrected chi connectivity index (χ0v) is 16.9. The first-order valence-electron chi connectivity index (χ1n) is 9.05. The molecule has 8 heteroatoms. The van der Waals surface area contributed by atoms with E-state index in [0.717, 1.165) is 25.9 Å². The molecule has 1 aromatic carbocycles. The number of rotatable bonds is 5. The van der Waals surface area contributed by atoms with Gasteiger partial charge in [0, 0.05) is 38.2 Å². The van der Waals surface area contributed by atoms with Crippen molar-refractivity contribution >= 4 is 29.9 Å². The minimum absolute atomic E-state index is 0. The minimum atomic E-state index is -0.291. The van der Waals surface area contributed by atoms with Gasteiger partial charge in [0.2, 0.25) is 11.8 Å². The fourth-order valence-electron chi connectivity index (χ4n) is 3.76. The molecule has 2 aliphatic heterocycles. The van der Waals surface area contributed by atoms with Crippen molar-refractivity contribution in [3.05, 3.63) is 18.2 Å². The van der Waals surface area contributed by atoms with Crippen molar-refractivity contribution in [3.63, 3.8) is 0 Å². The molecular formula is C19H28ClN3O4. The quantitative estimate of drug-likeness (QED) is 0.818. The topological polar surface area (TPSA) is 71.1 Å². The van der Waals surface area contributed by atoms with Gasteiger partial charge in [-0.05, 0) is 32.0 Å². The van der Waals surface area contributed by atoms with Crippen LogP contribution in [0.5, 0.6) is 11.5 Å². The Morgan fingerprint density at radius 3 is 2.48 bits per heavy atom. The van der Waals surface area contributed by atoms with Gasteiger partial charge in [0.15, 0.2) is 0 Å². The maximum absolute atomic E-state index is 12.8. The number of hydrogen-bond donors (Lipinski definition) is 1. The van der Waals surface area contributed by atoms with E-state index in [1.807, 2.05) is 11.9 Å². The molecule has 1 aromatic rings. The summed E-state index contributed by atoms with van der Waals surface area (Å²) in [6.07, 6.45) is 2.16. The number of anilines is 1. The van der Waals surface area contributed by atoms with Gasteiger partial charge >= 0.3 is 0 Å². The van der Waals surface area contributed by atoms with Crippen molar-refractivity contribution in [3.8, 4) is 11.5 Å². The van der Waals surface area contributed by atoms with Crippen LogP contribution in [0.2, 0.25) is 0 Å². The van der Waals surface area contributed by atoms with Crippen LogP contribution >= 0.6 is 12.4 Å². The molecular weight excluding hydrogens is 370 g/mol. The molecule has 27 heavy (non-hydrogen) atoms. The summed E-state index contributed by atoms with van der Waals surface area (Å²) in [6.45, 7) is 1.90. The number of nitrogens with zero attached hydrogens (tertiary/aromatic N) is 2. The fourth-order valence-corrected chi connectivity index (χ4v) is 3.76. The molecule has 0 saturated carbocycles. The highest BCUT2D eigenvalue weighted by molar-refractivity contribution is 6.01. The van der Waals surface area contributed by atoms with Gasteiger partial charge in [-0.2, -0.15) is 0 Å². The zero-order valence-electron chi connectivity index (χ0n) is 16.1. The molecule has 2 heterocycles. The average molecular weight is 398 g/mol. The van der Waals surface area contributed by atoms with Crippen LogP contribution in [-0.2, 0) is 9.59 Å². The second-order valence-electron chi connectivity index (χ2n) is 6.83. The Balaban J connectivity index is 0.00000261. The molecule has 2 amide bonds. The summed E-state index contributed by atoms with van der Waals surface area (Å²) < 4.78 is 10.6. The van der Waals surface area contributed by atoms with E-state index in [2.05, 4.69) is 5.32 Å². The molecule has 0 radical (unpaired) electrons. The molecule has 0 bridgehead atoms. The van der Waals surface area contributed by atoms with Gasteiger partial charge < -0.3 is 24.6 Å². The Morgan fingerprint density at radius 1 is 1.19 bits per heavy atom. The van der Waals surface area contributed by atoms with Gasteiger partial charge in [0.25, 0.3) is 0 Å². The van der Waals surface area contributed by atoms with Gasteiger partial charge in [-0.25, -0.2) is 0 Å². The summed E-state index contributed by atoms with van der Waals surface area (Å²) in [5, 5.41) is 3.27. The second-order valence-corrected chi connectivity index (χ2v) is 6.83. The van der Waals surface area contributed by atoms with Crippen LogP contribution in [0, 0.1) is 5.92 Å². The van der Waals surface area contributed by atoms with Crippen LogP contribution in [0.15, 0.2) is 18.2 Å². The first-order chi connectivity index (χ1) is 12.6. The van der Waals surface area contributed by atoms with Crippen molar-refractivity contribution in [2.75, 3.05) is 45.8 Å². The SMILES string of the molecule is CNC1CCN(C(=O)C2CC(=O)N(c3ccc(OC)cc3OC)C2)CC1.Cl. The second kappa shape index (κ2) is 9.28. The van der Waals surface area contributed by atoms with E-state index in [-0.39, 0.29) is 36.6 Å². The van der Waals surface area contributed by atoms with E-state index in [4.69, 9.17) is 9.47 Å². The number of nitrogens with one attached hydrogen (secondary N) is 1. The van der Waals surface area contributed by atoms with Crippen molar-refractivity contribution in [1.82, 2.24) is 10.2 Å². The molecule has 2 saturated heterocycles. The van der Waals surface area contributed by atoms with E-state index in [9.17, 15) is 9.59 Å². The van der Waals surface area contributed by atoms with Gasteiger partial charge in [0.05, 0.1) is 25.8 Å². The number of piperidine rings is 1. The number of ether oxygens (including phenoxy) is 2. The van der Waals surface area contributed by atoms with Crippen LogP contribution in [0.1, 0.15) is 19.3 Å². The molecule has 0 aromatic heterocycles. The maximum Gasteiger partial charge on any atom is 0.228 e. The summed E-state index contributed by atoms with van der Waals surface area (Å²) >= 11 is 0. The van der Waals surface area contributed by atoms with Gasteiger partial charge in [-0.15, -0.1) is 12.4 Å². The first-order valence-corrected chi connectivity index (χ1v) is 9.05. The molecule has 0 aliphatic carbocycles. The Kier molecular flexibility index (Phi) is 7.33. The van der Waals surface area contributed by atoms with Crippen LogP contribution in [-0.4, -0.2) is 63.7 Å². The standard InChI is InChI=1S/C19H27N3O4.ClH/c1-20-14-6-8-21(9-7-14)19(24)13-10-18(23)22(12-13)16-5-4-15(25-2)11-17(16)26-3;/h4-5,11,13-14,20H,6-10,12H2,1-3H3;1H. The Morgan fingerprint density at radius 2 is 1.89 bits per heavy atom. The van der Waals surface area contributed by atoms with Gasteiger partial charge in [-0.3, -0.25) is 9.59 Å². The Labute approximate surface area is 166 Å². The lowest BCUT2D eigenvalue weighted by molar-refractivity contribution is -0.136. The maximum atomic E-state index is 12.8. The van der Waals surface area contributed by atoms with Crippen LogP contribution in [0.25, 0.3) is 0 Å². The number of likely N-dealkylation sites (tertiary alicyclic amines) is 1. The average Bonchev–Trinajstić information content (AvgIpc) is 3.08. The monoisotopic (exact) mass is 397 g/mol. The molecule has 2 fully saturated rings. The van der Waals surface area contributed by atoms with E-state index in [1.54, 1.807) is 37.3 Å². The molecule has 0 spiro atoms. The van der Waals surface area contributed by atoms with E-state index < -0.39 is 0 Å². The van der Waals surface area contributed by atoms with E-state index >= 15 is 0 Å². The first kappa shape index (κ1) is 21.3. The van der Waals surface area contributed by atoms with Gasteiger partial charge in [-0.1, -0.05) is 0 Å². The molecule has 2 aliphatic rings. The fraction of sp³-hybridized carbons (Fsp3) is 0.579.